The highest BCUT2D eigenvalue weighted by Gasteiger charge is 2.43. The fourth-order valence-corrected chi connectivity index (χ4v) is 6.42. The van der Waals surface area contributed by atoms with Gasteiger partial charge in [0.2, 0.25) is 15.9 Å². The number of ether oxygens (including phenoxy) is 2. The second-order valence-corrected chi connectivity index (χ2v) is 11.7. The van der Waals surface area contributed by atoms with E-state index >= 15 is 0 Å². The first kappa shape index (κ1) is 26.4. The number of carbonyl (C=O) groups excluding carboxylic acids is 1. The van der Waals surface area contributed by atoms with E-state index in [9.17, 15) is 17.6 Å². The van der Waals surface area contributed by atoms with Crippen LogP contribution in [0.2, 0.25) is 0 Å². The Morgan fingerprint density at radius 1 is 0.972 bits per heavy atom. The van der Waals surface area contributed by atoms with E-state index in [-0.39, 0.29) is 36.2 Å². The van der Waals surface area contributed by atoms with Gasteiger partial charge in [0.1, 0.15) is 17.3 Å². The van der Waals surface area contributed by atoms with E-state index in [1.807, 2.05) is 11.9 Å². The predicted octanol–water partition coefficient (Wildman–Crippen LogP) is 2.85. The Labute approximate surface area is 212 Å². The first-order valence-corrected chi connectivity index (χ1v) is 13.6. The smallest absolute Gasteiger partial charge is 0.243 e. The van der Waals surface area contributed by atoms with Gasteiger partial charge < -0.3 is 19.3 Å². The molecule has 2 aliphatic rings. The van der Waals surface area contributed by atoms with Crippen LogP contribution in [0.5, 0.6) is 11.5 Å². The van der Waals surface area contributed by atoms with E-state index in [2.05, 4.69) is 4.90 Å². The second kappa shape index (κ2) is 11.1. The third-order valence-corrected chi connectivity index (χ3v) is 8.92. The number of hydrogen-bond acceptors (Lipinski definition) is 6. The molecule has 2 aromatic rings. The maximum Gasteiger partial charge on any atom is 0.243 e. The fraction of sp³-hybridized carbons (Fsp3) is 0.500. The van der Waals surface area contributed by atoms with Gasteiger partial charge in [0.05, 0.1) is 18.6 Å². The lowest BCUT2D eigenvalue weighted by Gasteiger charge is -2.43. The molecule has 2 saturated heterocycles. The topological polar surface area (TPSA) is 79.4 Å². The number of nitrogens with zero attached hydrogens (tertiary/aromatic N) is 3. The monoisotopic (exact) mass is 519 g/mol. The number of piperidine rings is 1. The summed E-state index contributed by atoms with van der Waals surface area (Å²) >= 11 is 0. The Bertz CT molecular complexity index is 1140. The molecule has 4 rings (SSSR count). The van der Waals surface area contributed by atoms with Crippen LogP contribution in [0.25, 0.3) is 0 Å². The van der Waals surface area contributed by atoms with Crippen LogP contribution in [-0.4, -0.2) is 88.5 Å². The average Bonchev–Trinajstić information content (AvgIpc) is 2.89. The van der Waals surface area contributed by atoms with Crippen molar-refractivity contribution in [2.24, 2.45) is 5.41 Å². The summed E-state index contributed by atoms with van der Waals surface area (Å²) in [5, 5.41) is 0. The normalized spacial score (nSPS) is 21.8. The number of benzene rings is 2. The molecule has 2 aromatic carbocycles. The van der Waals surface area contributed by atoms with Crippen molar-refractivity contribution in [2.75, 3.05) is 60.0 Å². The Kier molecular flexibility index (Phi) is 8.17. The molecule has 0 bridgehead atoms. The van der Waals surface area contributed by atoms with Crippen molar-refractivity contribution in [3.05, 3.63) is 54.3 Å². The molecule has 0 aromatic heterocycles. The fourth-order valence-electron chi connectivity index (χ4n) is 4.83. The van der Waals surface area contributed by atoms with Crippen LogP contribution in [-0.2, 0) is 14.8 Å². The van der Waals surface area contributed by atoms with Crippen molar-refractivity contribution in [3.63, 3.8) is 0 Å². The Morgan fingerprint density at radius 3 is 2.25 bits per heavy atom. The maximum atomic E-state index is 13.5. The van der Waals surface area contributed by atoms with E-state index < -0.39 is 15.4 Å². The molecular weight excluding hydrogens is 485 g/mol. The van der Waals surface area contributed by atoms with E-state index in [0.717, 1.165) is 13.1 Å². The third-order valence-electron chi connectivity index (χ3n) is 7.06. The van der Waals surface area contributed by atoms with Crippen molar-refractivity contribution in [1.82, 2.24) is 14.1 Å². The summed E-state index contributed by atoms with van der Waals surface area (Å²) in [5.41, 5.74) is -0.702. The molecule has 10 heteroatoms. The summed E-state index contributed by atoms with van der Waals surface area (Å²) in [5.74, 6) is 0.705. The van der Waals surface area contributed by atoms with Gasteiger partial charge in [-0.1, -0.05) is 0 Å². The number of rotatable bonds is 8. The number of likely N-dealkylation sites (N-methyl/N-ethyl adjacent to an activating group) is 1. The summed E-state index contributed by atoms with van der Waals surface area (Å²) in [6.07, 6.45) is 1.45. The average molecular weight is 520 g/mol. The lowest BCUT2D eigenvalue weighted by atomic mass is 9.78. The summed E-state index contributed by atoms with van der Waals surface area (Å²) < 4.78 is 53.0. The summed E-state index contributed by atoms with van der Waals surface area (Å²) in [6.45, 7) is 3.62. The minimum Gasteiger partial charge on any atom is -0.497 e. The lowest BCUT2D eigenvalue weighted by Crippen LogP contribution is -2.53. The van der Waals surface area contributed by atoms with Gasteiger partial charge >= 0.3 is 0 Å². The zero-order valence-corrected chi connectivity index (χ0v) is 21.7. The number of sulfonamides is 1. The van der Waals surface area contributed by atoms with Crippen LogP contribution < -0.4 is 9.47 Å². The van der Waals surface area contributed by atoms with Crippen LogP contribution >= 0.6 is 0 Å². The number of methoxy groups -OCH3 is 1. The van der Waals surface area contributed by atoms with Gasteiger partial charge in [-0.15, -0.1) is 0 Å². The van der Waals surface area contributed by atoms with Crippen LogP contribution in [0.3, 0.4) is 0 Å². The molecular formula is C26H34FN3O5S. The molecule has 2 aliphatic heterocycles. The maximum absolute atomic E-state index is 13.5. The zero-order valence-electron chi connectivity index (χ0n) is 20.9. The predicted molar refractivity (Wildman–Crippen MR) is 134 cm³/mol. The molecule has 0 aliphatic carbocycles. The molecule has 36 heavy (non-hydrogen) atoms. The highest BCUT2D eigenvalue weighted by molar-refractivity contribution is 7.89. The Morgan fingerprint density at radius 2 is 1.61 bits per heavy atom. The van der Waals surface area contributed by atoms with Gasteiger partial charge in [-0.2, -0.15) is 4.31 Å². The molecule has 0 N–H and O–H groups in total. The van der Waals surface area contributed by atoms with Gasteiger partial charge in [0.25, 0.3) is 0 Å². The van der Waals surface area contributed by atoms with Gasteiger partial charge in [-0.3, -0.25) is 4.79 Å². The first-order valence-electron chi connectivity index (χ1n) is 12.2. The Hall–Kier alpha value is -2.69. The molecule has 1 amide bonds. The van der Waals surface area contributed by atoms with Crippen molar-refractivity contribution >= 4 is 15.9 Å². The summed E-state index contributed by atoms with van der Waals surface area (Å²) in [6, 6.07) is 12.0. The van der Waals surface area contributed by atoms with Gasteiger partial charge in [0.15, 0.2) is 0 Å². The van der Waals surface area contributed by atoms with Crippen molar-refractivity contribution in [2.45, 2.75) is 24.2 Å². The minimum absolute atomic E-state index is 0.00880. The van der Waals surface area contributed by atoms with Gasteiger partial charge in [0, 0.05) is 51.1 Å². The molecule has 196 valence electrons. The number of amides is 1. The number of carbonyl (C=O) groups is 1. The van der Waals surface area contributed by atoms with Crippen LogP contribution in [0.15, 0.2) is 53.4 Å². The van der Waals surface area contributed by atoms with Crippen LogP contribution in [0.1, 0.15) is 19.3 Å². The van der Waals surface area contributed by atoms with Gasteiger partial charge in [-0.05, 0) is 68.4 Å². The van der Waals surface area contributed by atoms with E-state index in [1.54, 1.807) is 24.3 Å². The SMILES string of the molecule is COc1ccc(S(=O)(=O)N2CCCC(COc3ccc(F)cc3)(CC(=O)N3CCN(C)CC3)C2)cc1. The molecule has 0 spiro atoms. The largest absolute Gasteiger partial charge is 0.497 e. The zero-order chi connectivity index (χ0) is 25.8. The molecule has 0 radical (unpaired) electrons. The van der Waals surface area contributed by atoms with E-state index in [1.165, 1.54) is 35.7 Å². The molecule has 1 atom stereocenters. The summed E-state index contributed by atoms with van der Waals surface area (Å²) in [4.78, 5) is 17.6. The van der Waals surface area contributed by atoms with Crippen LogP contribution in [0, 0.1) is 11.2 Å². The minimum atomic E-state index is -3.77. The van der Waals surface area contributed by atoms with E-state index in [0.29, 0.717) is 44.0 Å². The second-order valence-electron chi connectivity index (χ2n) is 9.72. The number of halogens is 1. The summed E-state index contributed by atoms with van der Waals surface area (Å²) in [7, 11) is -0.214. The van der Waals surface area contributed by atoms with E-state index in [4.69, 9.17) is 9.47 Å². The highest BCUT2D eigenvalue weighted by atomic mass is 32.2. The number of piperazine rings is 1. The standard InChI is InChI=1S/C26H34FN3O5S/c1-28-14-16-29(17-15-28)25(31)18-26(20-35-23-6-4-21(27)5-7-23)12-3-13-30(19-26)36(32,33)24-10-8-22(34-2)9-11-24/h4-11H,3,12-20H2,1-2H3. The quantitative estimate of drug-likeness (QED) is 0.534. The third kappa shape index (κ3) is 6.16. The molecule has 0 saturated carbocycles. The van der Waals surface area contributed by atoms with Crippen molar-refractivity contribution in [1.29, 1.82) is 0 Å². The lowest BCUT2D eigenvalue weighted by molar-refractivity contribution is -0.136. The highest BCUT2D eigenvalue weighted by Crippen LogP contribution is 2.37. The molecule has 2 heterocycles. The number of hydrogen-bond donors (Lipinski definition) is 0. The molecule has 2 fully saturated rings. The van der Waals surface area contributed by atoms with Crippen LogP contribution in [0.4, 0.5) is 4.39 Å². The Balaban J connectivity index is 1.56. The molecule has 1 unspecified atom stereocenters. The van der Waals surface area contributed by atoms with Gasteiger partial charge in [-0.25, -0.2) is 12.8 Å². The van der Waals surface area contributed by atoms with Crippen molar-refractivity contribution in [3.8, 4) is 11.5 Å². The molecule has 8 nitrogen and oxygen atoms in total. The first-order chi connectivity index (χ1) is 17.2. The van der Waals surface area contributed by atoms with Crippen molar-refractivity contribution < 1.29 is 27.1 Å².